The Morgan fingerprint density at radius 1 is 1.22 bits per heavy atom. The first-order valence-corrected chi connectivity index (χ1v) is 8.14. The van der Waals surface area contributed by atoms with Crippen molar-refractivity contribution in [3.63, 3.8) is 0 Å². The molecule has 1 amide bonds. The van der Waals surface area contributed by atoms with Gasteiger partial charge in [0, 0.05) is 11.8 Å². The van der Waals surface area contributed by atoms with E-state index >= 15 is 0 Å². The van der Waals surface area contributed by atoms with E-state index in [1.54, 1.807) is 42.5 Å². The number of carbonyl (C=O) groups is 2. The monoisotopic (exact) mass is 364 g/mol. The van der Waals surface area contributed by atoms with E-state index in [0.29, 0.717) is 22.7 Å². The molecule has 0 radical (unpaired) electrons. The molecular formula is C20H16N2O5. The van der Waals surface area contributed by atoms with Gasteiger partial charge in [0.15, 0.2) is 17.6 Å². The van der Waals surface area contributed by atoms with Gasteiger partial charge in [-0.1, -0.05) is 12.1 Å². The average molecular weight is 364 g/mol. The Kier molecular flexibility index (Phi) is 5.38. The molecule has 136 valence electrons. The van der Waals surface area contributed by atoms with E-state index in [4.69, 9.17) is 19.5 Å². The van der Waals surface area contributed by atoms with Gasteiger partial charge in [-0.2, -0.15) is 5.26 Å². The van der Waals surface area contributed by atoms with Crippen LogP contribution >= 0.6 is 0 Å². The summed E-state index contributed by atoms with van der Waals surface area (Å²) in [6, 6.07) is 13.7. The number of fused-ring (bicyclic) bond motifs is 1. The minimum atomic E-state index is -0.996. The first kappa shape index (κ1) is 18.0. The molecular weight excluding hydrogens is 348 g/mol. The number of esters is 1. The summed E-state index contributed by atoms with van der Waals surface area (Å²) >= 11 is 0. The maximum atomic E-state index is 12.1. The summed E-state index contributed by atoms with van der Waals surface area (Å²) in [5.74, 6) is 0.120. The smallest absolute Gasteiger partial charge is 0.331 e. The largest absolute Gasteiger partial charge is 0.454 e. The summed E-state index contributed by atoms with van der Waals surface area (Å²) in [7, 11) is 0. The average Bonchev–Trinajstić information content (AvgIpc) is 3.14. The standard InChI is InChI=1S/C20H16N2O5/c1-13(20(24)22-16-4-2-3-15(9-16)11-21)27-19(23)8-6-14-5-7-17-18(10-14)26-12-25-17/h2-10,13H,12H2,1H3,(H,22,24)/b8-6+/t13-/m0/s1. The van der Waals surface area contributed by atoms with E-state index in [-0.39, 0.29) is 6.79 Å². The lowest BCUT2D eigenvalue weighted by Gasteiger charge is -2.12. The molecule has 0 unspecified atom stereocenters. The van der Waals surface area contributed by atoms with Crippen molar-refractivity contribution < 1.29 is 23.8 Å². The number of ether oxygens (including phenoxy) is 3. The van der Waals surface area contributed by atoms with E-state index < -0.39 is 18.0 Å². The zero-order valence-electron chi connectivity index (χ0n) is 14.5. The first-order valence-electron chi connectivity index (χ1n) is 8.14. The predicted octanol–water partition coefficient (Wildman–Crippen LogP) is 2.87. The third-order valence-electron chi connectivity index (χ3n) is 3.73. The van der Waals surface area contributed by atoms with Crippen LogP contribution in [0.3, 0.4) is 0 Å². The van der Waals surface area contributed by atoms with E-state index in [2.05, 4.69) is 5.32 Å². The van der Waals surface area contributed by atoms with Gasteiger partial charge in [0.1, 0.15) is 0 Å². The van der Waals surface area contributed by atoms with Crippen molar-refractivity contribution in [2.24, 2.45) is 0 Å². The van der Waals surface area contributed by atoms with Gasteiger partial charge >= 0.3 is 5.97 Å². The number of nitriles is 1. The van der Waals surface area contributed by atoms with Crippen LogP contribution in [0.1, 0.15) is 18.1 Å². The number of hydrogen-bond acceptors (Lipinski definition) is 6. The van der Waals surface area contributed by atoms with Gasteiger partial charge in [0.05, 0.1) is 11.6 Å². The van der Waals surface area contributed by atoms with Crippen molar-refractivity contribution in [1.82, 2.24) is 0 Å². The van der Waals surface area contributed by atoms with E-state index in [9.17, 15) is 9.59 Å². The van der Waals surface area contributed by atoms with Crippen molar-refractivity contribution >= 4 is 23.6 Å². The molecule has 27 heavy (non-hydrogen) atoms. The van der Waals surface area contributed by atoms with Gasteiger partial charge in [-0.25, -0.2) is 4.79 Å². The maximum Gasteiger partial charge on any atom is 0.331 e. The quantitative estimate of drug-likeness (QED) is 0.647. The van der Waals surface area contributed by atoms with E-state index in [1.807, 2.05) is 6.07 Å². The number of nitrogens with one attached hydrogen (secondary N) is 1. The molecule has 1 aliphatic heterocycles. The number of amides is 1. The van der Waals surface area contributed by atoms with Gasteiger partial charge in [-0.05, 0) is 48.9 Å². The van der Waals surface area contributed by atoms with Crippen molar-refractivity contribution in [2.75, 3.05) is 12.1 Å². The van der Waals surface area contributed by atoms with Crippen LogP contribution in [0.4, 0.5) is 5.69 Å². The molecule has 0 bridgehead atoms. The maximum absolute atomic E-state index is 12.1. The summed E-state index contributed by atoms with van der Waals surface area (Å²) < 4.78 is 15.6. The summed E-state index contributed by atoms with van der Waals surface area (Å²) in [6.45, 7) is 1.64. The molecule has 0 aromatic heterocycles. The number of rotatable bonds is 5. The highest BCUT2D eigenvalue weighted by Crippen LogP contribution is 2.32. The number of hydrogen-bond donors (Lipinski definition) is 1. The third kappa shape index (κ3) is 4.64. The first-order chi connectivity index (χ1) is 13.0. The van der Waals surface area contributed by atoms with Crippen molar-refractivity contribution in [2.45, 2.75) is 13.0 Å². The van der Waals surface area contributed by atoms with Crippen LogP contribution in [-0.2, 0) is 14.3 Å². The summed E-state index contributed by atoms with van der Waals surface area (Å²) in [4.78, 5) is 24.1. The molecule has 7 nitrogen and oxygen atoms in total. The van der Waals surface area contributed by atoms with Crippen LogP contribution in [0.25, 0.3) is 6.08 Å². The zero-order chi connectivity index (χ0) is 19.2. The normalized spacial score (nSPS) is 13.0. The predicted molar refractivity (Wildman–Crippen MR) is 96.9 cm³/mol. The molecule has 3 rings (SSSR count). The second-order valence-electron chi connectivity index (χ2n) is 5.71. The van der Waals surface area contributed by atoms with Gasteiger partial charge < -0.3 is 19.5 Å². The van der Waals surface area contributed by atoms with E-state index in [1.165, 1.54) is 19.1 Å². The Hall–Kier alpha value is -3.79. The van der Waals surface area contributed by atoms with Crippen LogP contribution in [0, 0.1) is 11.3 Å². The minimum absolute atomic E-state index is 0.175. The Bertz CT molecular complexity index is 946. The highest BCUT2D eigenvalue weighted by Gasteiger charge is 2.17. The molecule has 0 fully saturated rings. The zero-order valence-corrected chi connectivity index (χ0v) is 14.5. The lowest BCUT2D eigenvalue weighted by Crippen LogP contribution is -2.29. The van der Waals surface area contributed by atoms with Gasteiger partial charge in [0.2, 0.25) is 6.79 Å². The van der Waals surface area contributed by atoms with E-state index in [0.717, 1.165) is 5.56 Å². The molecule has 1 aliphatic rings. The summed E-state index contributed by atoms with van der Waals surface area (Å²) in [5, 5.41) is 11.5. The third-order valence-corrected chi connectivity index (χ3v) is 3.73. The highest BCUT2D eigenvalue weighted by molar-refractivity contribution is 5.96. The SMILES string of the molecule is C[C@H](OC(=O)/C=C/c1ccc2c(c1)OCO2)C(=O)Nc1cccc(C#N)c1. The van der Waals surface area contributed by atoms with Crippen LogP contribution in [-0.4, -0.2) is 24.8 Å². The fourth-order valence-corrected chi connectivity index (χ4v) is 2.36. The molecule has 1 atom stereocenters. The molecule has 0 saturated heterocycles. The van der Waals surface area contributed by atoms with Crippen molar-refractivity contribution in [3.8, 4) is 17.6 Å². The lowest BCUT2D eigenvalue weighted by atomic mass is 10.2. The summed E-state index contributed by atoms with van der Waals surface area (Å²) in [5.41, 5.74) is 1.61. The number of carbonyl (C=O) groups excluding carboxylic acids is 2. The van der Waals surface area contributed by atoms with Gasteiger partial charge in [-0.15, -0.1) is 0 Å². The highest BCUT2D eigenvalue weighted by atomic mass is 16.7. The second-order valence-corrected chi connectivity index (χ2v) is 5.71. The Morgan fingerprint density at radius 3 is 2.85 bits per heavy atom. The van der Waals surface area contributed by atoms with Gasteiger partial charge in [0.25, 0.3) is 5.91 Å². The molecule has 7 heteroatoms. The topological polar surface area (TPSA) is 97.7 Å². The minimum Gasteiger partial charge on any atom is -0.454 e. The number of benzene rings is 2. The number of anilines is 1. The summed E-state index contributed by atoms with van der Waals surface area (Å²) in [6.07, 6.45) is 1.80. The van der Waals surface area contributed by atoms with Crippen molar-refractivity contribution in [1.29, 1.82) is 5.26 Å². The molecule has 2 aromatic carbocycles. The Balaban J connectivity index is 1.55. The van der Waals surface area contributed by atoms with Gasteiger partial charge in [-0.3, -0.25) is 4.79 Å². The fourth-order valence-electron chi connectivity index (χ4n) is 2.36. The van der Waals surface area contributed by atoms with Crippen LogP contribution in [0.2, 0.25) is 0 Å². The molecule has 0 aliphatic carbocycles. The van der Waals surface area contributed by atoms with Crippen LogP contribution in [0.5, 0.6) is 11.5 Å². The molecule has 0 saturated carbocycles. The lowest BCUT2D eigenvalue weighted by molar-refractivity contribution is -0.148. The molecule has 2 aromatic rings. The molecule has 1 heterocycles. The molecule has 1 N–H and O–H groups in total. The fraction of sp³-hybridized carbons (Fsp3) is 0.150. The second kappa shape index (κ2) is 8.06. The Labute approximate surface area is 155 Å². The van der Waals surface area contributed by atoms with Crippen LogP contribution in [0.15, 0.2) is 48.5 Å². The number of nitrogens with zero attached hydrogens (tertiary/aromatic N) is 1. The Morgan fingerprint density at radius 2 is 2.04 bits per heavy atom. The molecule has 0 spiro atoms. The van der Waals surface area contributed by atoms with Crippen LogP contribution < -0.4 is 14.8 Å². The van der Waals surface area contributed by atoms with Crippen molar-refractivity contribution in [3.05, 3.63) is 59.7 Å².